The Bertz CT molecular complexity index is 977. The molecule has 0 saturated heterocycles. The zero-order valence-electron chi connectivity index (χ0n) is 13.8. The van der Waals surface area contributed by atoms with Gasteiger partial charge in [0, 0.05) is 10.6 Å². The number of nitriles is 1. The predicted molar refractivity (Wildman–Crippen MR) is 110 cm³/mol. The Kier molecular flexibility index (Phi) is 6.12. The van der Waals surface area contributed by atoms with Crippen LogP contribution in [-0.2, 0) is 6.61 Å². The number of ether oxygens (including phenoxy) is 1. The van der Waals surface area contributed by atoms with Crippen LogP contribution in [0.15, 0.2) is 77.3 Å². The fourth-order valence-electron chi connectivity index (χ4n) is 2.48. The molecule has 0 aromatic heterocycles. The van der Waals surface area contributed by atoms with Crippen LogP contribution in [0.3, 0.4) is 0 Å². The van der Waals surface area contributed by atoms with Crippen molar-refractivity contribution in [2.75, 3.05) is 0 Å². The summed E-state index contributed by atoms with van der Waals surface area (Å²) in [5.74, 6) is 0.752. The van der Waals surface area contributed by atoms with Gasteiger partial charge in [-0.15, -0.1) is 0 Å². The Morgan fingerprint density at radius 3 is 2.46 bits per heavy atom. The molecule has 0 heterocycles. The lowest BCUT2D eigenvalue weighted by Gasteiger charge is -2.09. The van der Waals surface area contributed by atoms with Gasteiger partial charge in [-0.1, -0.05) is 66.2 Å². The van der Waals surface area contributed by atoms with Gasteiger partial charge in [0.25, 0.3) is 0 Å². The number of benzene rings is 3. The Morgan fingerprint density at radius 1 is 1.04 bits per heavy atom. The summed E-state index contributed by atoms with van der Waals surface area (Å²) < 4.78 is 6.69. The summed E-state index contributed by atoms with van der Waals surface area (Å²) in [5.41, 5.74) is 3.23. The van der Waals surface area contributed by atoms with Gasteiger partial charge in [-0.2, -0.15) is 5.26 Å². The molecule has 0 aliphatic carbocycles. The number of allylic oxidation sites excluding steroid dienone is 1. The summed E-state index contributed by atoms with van der Waals surface area (Å²) in [5, 5.41) is 10.0. The van der Waals surface area contributed by atoms with E-state index in [-0.39, 0.29) is 0 Å². The van der Waals surface area contributed by atoms with Crippen molar-refractivity contribution in [3.8, 4) is 11.8 Å². The van der Waals surface area contributed by atoms with E-state index in [1.54, 1.807) is 6.07 Å². The summed E-state index contributed by atoms with van der Waals surface area (Å²) in [4.78, 5) is 0. The van der Waals surface area contributed by atoms with Gasteiger partial charge in [0.1, 0.15) is 12.4 Å². The van der Waals surface area contributed by atoms with E-state index in [1.807, 2.05) is 72.8 Å². The first-order valence-corrected chi connectivity index (χ1v) is 9.17. The molecule has 0 saturated carbocycles. The van der Waals surface area contributed by atoms with E-state index >= 15 is 0 Å². The fraction of sp³-hybridized carbons (Fsp3) is 0.0455. The molecule has 0 aliphatic heterocycles. The lowest BCUT2D eigenvalue weighted by atomic mass is 10.0. The summed E-state index contributed by atoms with van der Waals surface area (Å²) in [6, 6.07) is 25.3. The molecule has 2 nitrogen and oxygen atoms in total. The first-order chi connectivity index (χ1) is 12.7. The van der Waals surface area contributed by atoms with Gasteiger partial charge < -0.3 is 4.74 Å². The second-order valence-electron chi connectivity index (χ2n) is 5.61. The molecule has 0 amide bonds. The van der Waals surface area contributed by atoms with E-state index in [0.717, 1.165) is 26.9 Å². The van der Waals surface area contributed by atoms with E-state index in [4.69, 9.17) is 16.3 Å². The van der Waals surface area contributed by atoms with Crippen LogP contribution in [0.5, 0.6) is 5.75 Å². The number of rotatable bonds is 5. The van der Waals surface area contributed by atoms with E-state index in [0.29, 0.717) is 17.2 Å². The van der Waals surface area contributed by atoms with Crippen molar-refractivity contribution in [1.29, 1.82) is 5.26 Å². The molecular weight excluding hydrogens is 410 g/mol. The molecule has 3 aromatic rings. The Hall–Kier alpha value is -2.54. The van der Waals surface area contributed by atoms with Crippen LogP contribution in [-0.4, -0.2) is 0 Å². The van der Waals surface area contributed by atoms with Crippen molar-refractivity contribution in [1.82, 2.24) is 0 Å². The van der Waals surface area contributed by atoms with Crippen molar-refractivity contribution >= 4 is 39.2 Å². The SMILES string of the molecule is N#CC(=Cc1ccc(OCc2ccccc2)c(Br)c1)c1ccccc1Cl. The quantitative estimate of drug-likeness (QED) is 0.335. The second kappa shape index (κ2) is 8.71. The van der Waals surface area contributed by atoms with Gasteiger partial charge >= 0.3 is 0 Å². The maximum atomic E-state index is 9.49. The molecule has 0 fully saturated rings. The smallest absolute Gasteiger partial charge is 0.134 e. The minimum Gasteiger partial charge on any atom is -0.488 e. The zero-order valence-corrected chi connectivity index (χ0v) is 16.2. The van der Waals surface area contributed by atoms with E-state index in [9.17, 15) is 5.26 Å². The average molecular weight is 425 g/mol. The summed E-state index contributed by atoms with van der Waals surface area (Å²) >= 11 is 9.74. The molecule has 0 N–H and O–H groups in total. The second-order valence-corrected chi connectivity index (χ2v) is 6.88. The summed E-state index contributed by atoms with van der Waals surface area (Å²) in [6.07, 6.45) is 1.81. The standard InChI is InChI=1S/C22H15BrClNO/c23-20-13-17(12-18(14-25)19-8-4-5-9-21(19)24)10-11-22(20)26-15-16-6-2-1-3-7-16/h1-13H,15H2. The molecule has 0 spiro atoms. The number of hydrogen-bond donors (Lipinski definition) is 0. The van der Waals surface area contributed by atoms with Crippen molar-refractivity contribution < 1.29 is 4.74 Å². The molecule has 4 heteroatoms. The van der Waals surface area contributed by atoms with E-state index in [1.165, 1.54) is 0 Å². The monoisotopic (exact) mass is 423 g/mol. The highest BCUT2D eigenvalue weighted by Gasteiger charge is 2.07. The third-order valence-electron chi connectivity index (χ3n) is 3.79. The molecular formula is C22H15BrClNO. The van der Waals surface area contributed by atoms with Crippen molar-refractivity contribution in [3.05, 3.63) is 99.0 Å². The third-order valence-corrected chi connectivity index (χ3v) is 4.74. The van der Waals surface area contributed by atoms with Crippen LogP contribution in [0.25, 0.3) is 11.6 Å². The van der Waals surface area contributed by atoms with Crippen LogP contribution >= 0.6 is 27.5 Å². The Morgan fingerprint density at radius 2 is 1.77 bits per heavy atom. The number of halogens is 2. The first kappa shape index (κ1) is 18.3. The van der Waals surface area contributed by atoms with Crippen LogP contribution in [0.2, 0.25) is 5.02 Å². The molecule has 3 rings (SSSR count). The highest BCUT2D eigenvalue weighted by Crippen LogP contribution is 2.30. The number of nitrogens with zero attached hydrogens (tertiary/aromatic N) is 1. The Labute approximate surface area is 166 Å². The highest BCUT2D eigenvalue weighted by molar-refractivity contribution is 9.10. The number of hydrogen-bond acceptors (Lipinski definition) is 2. The minimum absolute atomic E-state index is 0.498. The topological polar surface area (TPSA) is 33.0 Å². The maximum Gasteiger partial charge on any atom is 0.134 e. The average Bonchev–Trinajstić information content (AvgIpc) is 2.67. The minimum atomic E-state index is 0.498. The maximum absolute atomic E-state index is 9.49. The molecule has 0 radical (unpaired) electrons. The van der Waals surface area contributed by atoms with Crippen molar-refractivity contribution in [3.63, 3.8) is 0 Å². The largest absolute Gasteiger partial charge is 0.488 e. The van der Waals surface area contributed by atoms with Gasteiger partial charge in [0.05, 0.1) is 16.1 Å². The van der Waals surface area contributed by atoms with E-state index in [2.05, 4.69) is 22.0 Å². The van der Waals surface area contributed by atoms with Crippen LogP contribution < -0.4 is 4.74 Å². The summed E-state index contributed by atoms with van der Waals surface area (Å²) in [6.45, 7) is 0.498. The van der Waals surface area contributed by atoms with Gasteiger partial charge in [-0.05, 0) is 51.3 Å². The Balaban J connectivity index is 1.80. The molecule has 0 unspecified atom stereocenters. The molecule has 26 heavy (non-hydrogen) atoms. The van der Waals surface area contributed by atoms with Crippen LogP contribution in [0, 0.1) is 11.3 Å². The van der Waals surface area contributed by atoms with Crippen molar-refractivity contribution in [2.24, 2.45) is 0 Å². The molecule has 128 valence electrons. The van der Waals surface area contributed by atoms with Gasteiger partial charge in [-0.25, -0.2) is 0 Å². The van der Waals surface area contributed by atoms with Crippen molar-refractivity contribution in [2.45, 2.75) is 6.61 Å². The third kappa shape index (κ3) is 4.54. The summed E-state index contributed by atoms with van der Waals surface area (Å²) in [7, 11) is 0. The normalized spacial score (nSPS) is 11.0. The fourth-order valence-corrected chi connectivity index (χ4v) is 3.22. The molecule has 0 aliphatic rings. The van der Waals surface area contributed by atoms with Gasteiger partial charge in [-0.3, -0.25) is 0 Å². The van der Waals surface area contributed by atoms with Crippen LogP contribution in [0.4, 0.5) is 0 Å². The molecule has 0 bridgehead atoms. The highest BCUT2D eigenvalue weighted by atomic mass is 79.9. The molecule has 0 atom stereocenters. The lowest BCUT2D eigenvalue weighted by Crippen LogP contribution is -1.95. The zero-order chi connectivity index (χ0) is 18.4. The predicted octanol–water partition coefficient (Wildman–Crippen LogP) is 6.75. The van der Waals surface area contributed by atoms with Gasteiger partial charge in [0.2, 0.25) is 0 Å². The van der Waals surface area contributed by atoms with Crippen LogP contribution in [0.1, 0.15) is 16.7 Å². The van der Waals surface area contributed by atoms with E-state index < -0.39 is 0 Å². The van der Waals surface area contributed by atoms with Gasteiger partial charge in [0.15, 0.2) is 0 Å². The molecule has 3 aromatic carbocycles. The lowest BCUT2D eigenvalue weighted by molar-refractivity contribution is 0.304. The first-order valence-electron chi connectivity index (χ1n) is 8.00.